The van der Waals surface area contributed by atoms with Crippen LogP contribution in [0.2, 0.25) is 0 Å². The molecule has 0 unspecified atom stereocenters. The summed E-state index contributed by atoms with van der Waals surface area (Å²) in [7, 11) is 1.52. The molecule has 0 aromatic heterocycles. The highest BCUT2D eigenvalue weighted by molar-refractivity contribution is 5.78. The van der Waals surface area contributed by atoms with Crippen molar-refractivity contribution in [3.05, 3.63) is 23.8 Å². The first-order valence-electron chi connectivity index (χ1n) is 7.70. The van der Waals surface area contributed by atoms with Gasteiger partial charge >= 0.3 is 0 Å². The zero-order chi connectivity index (χ0) is 15.9. The number of nitrogens with zero attached hydrogens (tertiary/aromatic N) is 2. The van der Waals surface area contributed by atoms with Gasteiger partial charge in [0.05, 0.1) is 18.7 Å². The van der Waals surface area contributed by atoms with Crippen LogP contribution in [0.3, 0.4) is 0 Å². The van der Waals surface area contributed by atoms with Crippen LogP contribution >= 0.6 is 0 Å². The predicted octanol–water partition coefficient (Wildman–Crippen LogP) is 2.74. The molecule has 0 saturated carbocycles. The lowest BCUT2D eigenvalue weighted by molar-refractivity contribution is -0.137. The lowest BCUT2D eigenvalue weighted by Gasteiger charge is -2.35. The van der Waals surface area contributed by atoms with E-state index in [4.69, 9.17) is 14.7 Å². The topological polar surface area (TPSA) is 62.6 Å². The first-order chi connectivity index (χ1) is 10.7. The summed E-state index contributed by atoms with van der Waals surface area (Å²) < 4.78 is 10.8. The van der Waals surface area contributed by atoms with Crippen LogP contribution in [0.1, 0.15) is 38.2 Å². The lowest BCUT2D eigenvalue weighted by Crippen LogP contribution is -2.45. The Balaban J connectivity index is 2.00. The van der Waals surface area contributed by atoms with Crippen LogP contribution in [0.5, 0.6) is 11.5 Å². The second kappa shape index (κ2) is 7.69. The summed E-state index contributed by atoms with van der Waals surface area (Å²) in [6.07, 6.45) is 4.30. The molecule has 0 N–H and O–H groups in total. The number of methoxy groups -OCH3 is 1. The van der Waals surface area contributed by atoms with Crippen LogP contribution in [-0.4, -0.2) is 37.1 Å². The molecule has 118 valence electrons. The Kier molecular flexibility index (Phi) is 5.65. The number of carbonyl (C=O) groups is 1. The van der Waals surface area contributed by atoms with Crippen molar-refractivity contribution in [3.8, 4) is 17.6 Å². The summed E-state index contributed by atoms with van der Waals surface area (Å²) in [5, 5.41) is 8.89. The number of hydrogen-bond acceptors (Lipinski definition) is 4. The molecule has 1 saturated heterocycles. The number of amides is 1. The highest BCUT2D eigenvalue weighted by atomic mass is 16.5. The first kappa shape index (κ1) is 16.2. The maximum Gasteiger partial charge on any atom is 0.260 e. The molecular formula is C17H22N2O3. The zero-order valence-electron chi connectivity index (χ0n) is 13.2. The molecule has 1 aliphatic rings. The molecule has 5 heteroatoms. The van der Waals surface area contributed by atoms with Crippen molar-refractivity contribution in [2.75, 3.05) is 20.3 Å². The highest BCUT2D eigenvalue weighted by Gasteiger charge is 2.25. The minimum Gasteiger partial charge on any atom is -0.493 e. The second-order valence-electron chi connectivity index (χ2n) is 5.41. The lowest BCUT2D eigenvalue weighted by atomic mass is 10.00. The normalized spacial score (nSPS) is 17.7. The molecule has 1 aromatic carbocycles. The van der Waals surface area contributed by atoms with Crippen molar-refractivity contribution in [1.82, 2.24) is 4.90 Å². The minimum atomic E-state index is -0.00123. The Morgan fingerprint density at radius 2 is 2.23 bits per heavy atom. The summed E-state index contributed by atoms with van der Waals surface area (Å²) in [6, 6.07) is 7.30. The van der Waals surface area contributed by atoms with Crippen LogP contribution in [0.4, 0.5) is 0 Å². The molecule has 0 aliphatic carbocycles. The van der Waals surface area contributed by atoms with Crippen LogP contribution in [0.25, 0.3) is 0 Å². The minimum absolute atomic E-state index is 0.00123. The molecule has 0 radical (unpaired) electrons. The van der Waals surface area contributed by atoms with Crippen molar-refractivity contribution >= 4 is 5.91 Å². The standard InChI is InChI=1S/C17H22N2O3/c1-3-14-6-4-5-9-19(14)17(20)12-22-15-8-7-13(11-18)10-16(15)21-2/h7-8,10,14H,3-6,9,12H2,1-2H3/t14-/m1/s1. The average molecular weight is 302 g/mol. The van der Waals surface area contributed by atoms with Gasteiger partial charge in [-0.1, -0.05) is 6.92 Å². The van der Waals surface area contributed by atoms with Gasteiger partial charge in [-0.05, 0) is 37.8 Å². The SMILES string of the molecule is CC[C@@H]1CCCCN1C(=O)COc1ccc(C#N)cc1OC. The van der Waals surface area contributed by atoms with E-state index in [-0.39, 0.29) is 12.5 Å². The van der Waals surface area contributed by atoms with Crippen molar-refractivity contribution < 1.29 is 14.3 Å². The largest absolute Gasteiger partial charge is 0.493 e. The summed E-state index contributed by atoms with van der Waals surface area (Å²) >= 11 is 0. The van der Waals surface area contributed by atoms with Crippen molar-refractivity contribution in [1.29, 1.82) is 5.26 Å². The first-order valence-corrected chi connectivity index (χ1v) is 7.70. The number of likely N-dealkylation sites (tertiary alicyclic amines) is 1. The van der Waals surface area contributed by atoms with Gasteiger partial charge in [0, 0.05) is 18.7 Å². The highest BCUT2D eigenvalue weighted by Crippen LogP contribution is 2.28. The summed E-state index contributed by atoms with van der Waals surface area (Å²) in [5.74, 6) is 0.968. The maximum absolute atomic E-state index is 12.4. The molecule has 1 heterocycles. The van der Waals surface area contributed by atoms with Crippen LogP contribution < -0.4 is 9.47 Å². The van der Waals surface area contributed by atoms with E-state index in [1.807, 2.05) is 11.0 Å². The molecule has 0 bridgehead atoms. The van der Waals surface area contributed by atoms with Gasteiger partial charge in [-0.15, -0.1) is 0 Å². The van der Waals surface area contributed by atoms with E-state index in [2.05, 4.69) is 6.92 Å². The third kappa shape index (κ3) is 3.70. The quantitative estimate of drug-likeness (QED) is 0.839. The number of ether oxygens (including phenoxy) is 2. The van der Waals surface area contributed by atoms with E-state index in [0.717, 1.165) is 25.8 Å². The summed E-state index contributed by atoms with van der Waals surface area (Å²) in [4.78, 5) is 14.3. The van der Waals surface area contributed by atoms with E-state index in [0.29, 0.717) is 23.1 Å². The number of rotatable bonds is 5. The number of carbonyl (C=O) groups excluding carboxylic acids is 1. The third-order valence-electron chi connectivity index (χ3n) is 4.06. The Labute approximate surface area is 131 Å². The molecule has 5 nitrogen and oxygen atoms in total. The van der Waals surface area contributed by atoms with Crippen LogP contribution in [-0.2, 0) is 4.79 Å². The third-order valence-corrected chi connectivity index (χ3v) is 4.06. The van der Waals surface area contributed by atoms with E-state index < -0.39 is 0 Å². The van der Waals surface area contributed by atoms with Gasteiger partial charge in [0.25, 0.3) is 5.91 Å². The fraction of sp³-hybridized carbons (Fsp3) is 0.529. The second-order valence-corrected chi connectivity index (χ2v) is 5.41. The maximum atomic E-state index is 12.4. The molecule has 1 atom stereocenters. The molecular weight excluding hydrogens is 280 g/mol. The Morgan fingerprint density at radius 3 is 2.91 bits per heavy atom. The Bertz CT molecular complexity index is 566. The molecule has 1 amide bonds. The summed E-state index contributed by atoms with van der Waals surface area (Å²) in [6.45, 7) is 2.92. The van der Waals surface area contributed by atoms with E-state index >= 15 is 0 Å². The fourth-order valence-electron chi connectivity index (χ4n) is 2.83. The summed E-state index contributed by atoms with van der Waals surface area (Å²) in [5.41, 5.74) is 0.498. The van der Waals surface area contributed by atoms with Gasteiger partial charge in [0.2, 0.25) is 0 Å². The van der Waals surface area contributed by atoms with Crippen molar-refractivity contribution in [2.24, 2.45) is 0 Å². The predicted molar refractivity (Wildman–Crippen MR) is 82.8 cm³/mol. The number of benzene rings is 1. The van der Waals surface area contributed by atoms with Gasteiger partial charge < -0.3 is 14.4 Å². The van der Waals surface area contributed by atoms with Gasteiger partial charge in [0.15, 0.2) is 18.1 Å². The molecule has 2 rings (SSSR count). The number of piperidine rings is 1. The van der Waals surface area contributed by atoms with E-state index in [1.165, 1.54) is 13.5 Å². The fourth-order valence-corrected chi connectivity index (χ4v) is 2.83. The zero-order valence-corrected chi connectivity index (χ0v) is 13.2. The molecule has 1 fully saturated rings. The van der Waals surface area contributed by atoms with Crippen molar-refractivity contribution in [3.63, 3.8) is 0 Å². The number of nitriles is 1. The van der Waals surface area contributed by atoms with Crippen LogP contribution in [0.15, 0.2) is 18.2 Å². The van der Waals surface area contributed by atoms with Crippen LogP contribution in [0, 0.1) is 11.3 Å². The average Bonchev–Trinajstić information content (AvgIpc) is 2.59. The van der Waals surface area contributed by atoms with Gasteiger partial charge in [-0.25, -0.2) is 0 Å². The Hall–Kier alpha value is -2.22. The molecule has 22 heavy (non-hydrogen) atoms. The van der Waals surface area contributed by atoms with Gasteiger partial charge in [0.1, 0.15) is 0 Å². The smallest absolute Gasteiger partial charge is 0.260 e. The van der Waals surface area contributed by atoms with E-state index in [1.54, 1.807) is 18.2 Å². The molecule has 1 aliphatic heterocycles. The monoisotopic (exact) mass is 302 g/mol. The number of hydrogen-bond donors (Lipinski definition) is 0. The Morgan fingerprint density at radius 1 is 1.41 bits per heavy atom. The van der Waals surface area contributed by atoms with Gasteiger partial charge in [-0.2, -0.15) is 5.26 Å². The van der Waals surface area contributed by atoms with Gasteiger partial charge in [-0.3, -0.25) is 4.79 Å². The van der Waals surface area contributed by atoms with Crippen molar-refractivity contribution in [2.45, 2.75) is 38.6 Å². The molecule has 1 aromatic rings. The molecule has 0 spiro atoms. The van der Waals surface area contributed by atoms with E-state index in [9.17, 15) is 4.79 Å².